The number of anilines is 1. The number of ether oxygens (including phenoxy) is 1. The molecule has 0 N–H and O–H groups in total. The third-order valence-corrected chi connectivity index (χ3v) is 5.47. The number of pyridine rings is 1. The van der Waals surface area contributed by atoms with Gasteiger partial charge in [-0.2, -0.15) is 0 Å². The Balaban J connectivity index is 1.18. The molecule has 0 aliphatic carbocycles. The van der Waals surface area contributed by atoms with Gasteiger partial charge < -0.3 is 14.1 Å². The minimum atomic E-state index is 0.0752. The molecule has 162 valence electrons. The van der Waals surface area contributed by atoms with Crippen LogP contribution < -0.4 is 9.64 Å². The van der Waals surface area contributed by atoms with Gasteiger partial charge in [0.15, 0.2) is 0 Å². The molecule has 8 heteroatoms. The fourth-order valence-corrected chi connectivity index (χ4v) is 3.56. The number of hydrogen-bond donors (Lipinski definition) is 0. The summed E-state index contributed by atoms with van der Waals surface area (Å²) in [6, 6.07) is 11.5. The molecule has 31 heavy (non-hydrogen) atoms. The fourth-order valence-electron chi connectivity index (χ4n) is 3.56. The van der Waals surface area contributed by atoms with E-state index < -0.39 is 0 Å². The molecule has 2 amide bonds. The lowest BCUT2D eigenvalue weighted by Crippen LogP contribution is -2.33. The van der Waals surface area contributed by atoms with Gasteiger partial charge in [0, 0.05) is 50.2 Å². The summed E-state index contributed by atoms with van der Waals surface area (Å²) in [5, 5.41) is 7.87. The van der Waals surface area contributed by atoms with Gasteiger partial charge in [-0.15, -0.1) is 10.2 Å². The van der Waals surface area contributed by atoms with Crippen molar-refractivity contribution in [2.75, 3.05) is 31.1 Å². The normalized spacial score (nSPS) is 14.8. The molecule has 0 radical (unpaired) electrons. The lowest BCUT2D eigenvalue weighted by Gasteiger charge is -2.20. The van der Waals surface area contributed by atoms with Gasteiger partial charge in [0.05, 0.1) is 6.61 Å². The smallest absolute Gasteiger partial charge is 0.324 e. The Morgan fingerprint density at radius 3 is 2.55 bits per heavy atom. The van der Waals surface area contributed by atoms with Gasteiger partial charge in [-0.1, -0.05) is 6.92 Å². The van der Waals surface area contributed by atoms with Crippen LogP contribution in [-0.2, 0) is 0 Å². The zero-order valence-corrected chi connectivity index (χ0v) is 17.9. The van der Waals surface area contributed by atoms with Crippen LogP contribution in [0.15, 0.2) is 53.2 Å². The summed E-state index contributed by atoms with van der Waals surface area (Å²) in [4.78, 5) is 20.4. The quantitative estimate of drug-likeness (QED) is 0.515. The summed E-state index contributed by atoms with van der Waals surface area (Å²) in [7, 11) is 0. The first-order chi connectivity index (χ1) is 15.1. The molecule has 3 heterocycles. The molecule has 2 aromatic heterocycles. The summed E-state index contributed by atoms with van der Waals surface area (Å²) in [6.45, 7) is 6.85. The Kier molecular flexibility index (Phi) is 6.45. The summed E-state index contributed by atoms with van der Waals surface area (Å²) >= 11 is 0. The Labute approximate surface area is 181 Å². The molecule has 1 unspecified atom stereocenters. The lowest BCUT2D eigenvalue weighted by atomic mass is 10.0. The number of carbonyl (C=O) groups excluding carboxylic acids is 1. The van der Waals surface area contributed by atoms with Gasteiger partial charge in [-0.3, -0.25) is 9.88 Å². The molecule has 1 aliphatic rings. The minimum Gasteiger partial charge on any atom is -0.494 e. The van der Waals surface area contributed by atoms with Crippen molar-refractivity contribution in [1.29, 1.82) is 0 Å². The second kappa shape index (κ2) is 9.59. The summed E-state index contributed by atoms with van der Waals surface area (Å²) in [6.07, 6.45) is 5.31. The molecule has 1 fully saturated rings. The van der Waals surface area contributed by atoms with Crippen LogP contribution in [-0.4, -0.2) is 52.4 Å². The lowest BCUT2D eigenvalue weighted by molar-refractivity contribution is 0.214. The summed E-state index contributed by atoms with van der Waals surface area (Å²) in [5.74, 6) is 2.33. The average Bonchev–Trinajstić information content (AvgIpc) is 3.39. The van der Waals surface area contributed by atoms with Gasteiger partial charge in [0.25, 0.3) is 0 Å². The van der Waals surface area contributed by atoms with Crippen molar-refractivity contribution in [2.45, 2.75) is 26.7 Å². The van der Waals surface area contributed by atoms with E-state index >= 15 is 0 Å². The minimum absolute atomic E-state index is 0.0752. The van der Waals surface area contributed by atoms with Crippen molar-refractivity contribution >= 4 is 11.7 Å². The van der Waals surface area contributed by atoms with Crippen LogP contribution >= 0.6 is 0 Å². The number of hydrogen-bond acceptors (Lipinski definition) is 6. The largest absolute Gasteiger partial charge is 0.494 e. The summed E-state index contributed by atoms with van der Waals surface area (Å²) in [5.41, 5.74) is 1.78. The molecule has 8 nitrogen and oxygen atoms in total. The predicted octanol–water partition coefficient (Wildman–Crippen LogP) is 4.18. The molecule has 3 aromatic rings. The van der Waals surface area contributed by atoms with Crippen molar-refractivity contribution in [3.05, 3.63) is 54.7 Å². The highest BCUT2D eigenvalue weighted by Gasteiger charge is 2.29. The van der Waals surface area contributed by atoms with Crippen LogP contribution in [0.3, 0.4) is 0 Å². The number of benzene rings is 1. The first-order valence-corrected chi connectivity index (χ1v) is 10.6. The van der Waals surface area contributed by atoms with Crippen LogP contribution in [0.2, 0.25) is 0 Å². The maximum absolute atomic E-state index is 12.6. The Morgan fingerprint density at radius 1 is 1.06 bits per heavy atom. The van der Waals surface area contributed by atoms with Crippen LogP contribution in [0, 0.1) is 12.8 Å². The topological polar surface area (TPSA) is 84.6 Å². The van der Waals surface area contributed by atoms with Crippen LogP contribution in [0.5, 0.6) is 5.75 Å². The van der Waals surface area contributed by atoms with E-state index in [-0.39, 0.29) is 6.03 Å². The third kappa shape index (κ3) is 5.20. The molecule has 0 saturated carbocycles. The number of carbonyl (C=O) groups is 1. The second-order valence-electron chi connectivity index (χ2n) is 7.81. The van der Waals surface area contributed by atoms with Gasteiger partial charge in [-0.05, 0) is 55.2 Å². The molecule has 0 spiro atoms. The maximum Gasteiger partial charge on any atom is 0.324 e. The maximum atomic E-state index is 12.6. The number of urea groups is 1. The van der Waals surface area contributed by atoms with Crippen LogP contribution in [0.4, 0.5) is 10.5 Å². The molecule has 1 atom stereocenters. The van der Waals surface area contributed by atoms with Crippen LogP contribution in [0.1, 0.15) is 25.7 Å². The number of rotatable bonds is 9. The molecular formula is C23H27N5O3. The molecule has 4 rings (SSSR count). The van der Waals surface area contributed by atoms with Gasteiger partial charge in [0.2, 0.25) is 11.8 Å². The van der Waals surface area contributed by atoms with E-state index in [2.05, 4.69) is 22.1 Å². The average molecular weight is 422 g/mol. The number of nitrogens with zero attached hydrogens (tertiary/aromatic N) is 5. The van der Waals surface area contributed by atoms with Gasteiger partial charge in [-0.25, -0.2) is 4.79 Å². The van der Waals surface area contributed by atoms with E-state index in [1.807, 2.05) is 46.2 Å². The second-order valence-corrected chi connectivity index (χ2v) is 7.81. The van der Waals surface area contributed by atoms with Crippen LogP contribution in [0.25, 0.3) is 11.5 Å². The van der Waals surface area contributed by atoms with Gasteiger partial charge in [0.1, 0.15) is 5.75 Å². The molecule has 1 aromatic carbocycles. The highest BCUT2D eigenvalue weighted by atomic mass is 16.5. The van der Waals surface area contributed by atoms with Crippen molar-refractivity contribution < 1.29 is 13.9 Å². The van der Waals surface area contributed by atoms with Crippen molar-refractivity contribution in [3.8, 4) is 17.2 Å². The number of aromatic nitrogens is 3. The van der Waals surface area contributed by atoms with E-state index in [9.17, 15) is 4.79 Å². The third-order valence-electron chi connectivity index (χ3n) is 5.47. The Bertz CT molecular complexity index is 990. The number of amides is 2. The first kappa shape index (κ1) is 20.8. The Hall–Kier alpha value is -3.42. The predicted molar refractivity (Wildman–Crippen MR) is 117 cm³/mol. The standard InChI is InChI=1S/C23H27N5O3/c1-17(9-13-27-14-15-28(23(27)29)20-7-11-24-12-8-20)10-16-30-21-5-3-19(4-6-21)22-26-25-18(2)31-22/h3-8,11-12,17H,9-10,13-16H2,1-2H3. The zero-order chi connectivity index (χ0) is 21.6. The SMILES string of the molecule is Cc1nnc(-c2ccc(OCCC(C)CCN3CCN(c4ccncc4)C3=O)cc2)o1. The molecular weight excluding hydrogens is 394 g/mol. The molecule has 1 saturated heterocycles. The number of aryl methyl sites for hydroxylation is 1. The highest BCUT2D eigenvalue weighted by molar-refractivity contribution is 5.93. The zero-order valence-electron chi connectivity index (χ0n) is 17.9. The van der Waals surface area contributed by atoms with Crippen molar-refractivity contribution in [3.63, 3.8) is 0 Å². The van der Waals surface area contributed by atoms with E-state index in [1.165, 1.54) is 0 Å². The van der Waals surface area contributed by atoms with E-state index in [0.717, 1.165) is 49.5 Å². The van der Waals surface area contributed by atoms with E-state index in [4.69, 9.17) is 9.15 Å². The highest BCUT2D eigenvalue weighted by Crippen LogP contribution is 2.23. The Morgan fingerprint density at radius 2 is 1.84 bits per heavy atom. The molecule has 0 bridgehead atoms. The monoisotopic (exact) mass is 421 g/mol. The molecule has 1 aliphatic heterocycles. The van der Waals surface area contributed by atoms with E-state index in [0.29, 0.717) is 24.3 Å². The fraction of sp³-hybridized carbons (Fsp3) is 0.391. The van der Waals surface area contributed by atoms with Crippen molar-refractivity contribution in [2.24, 2.45) is 5.92 Å². The van der Waals surface area contributed by atoms with Crippen molar-refractivity contribution in [1.82, 2.24) is 20.1 Å². The van der Waals surface area contributed by atoms with E-state index in [1.54, 1.807) is 19.3 Å². The van der Waals surface area contributed by atoms with Gasteiger partial charge >= 0.3 is 6.03 Å². The first-order valence-electron chi connectivity index (χ1n) is 10.6. The summed E-state index contributed by atoms with van der Waals surface area (Å²) < 4.78 is 11.3.